The number of urea groups is 2. The second-order valence-corrected chi connectivity index (χ2v) is 34.5. The van der Waals surface area contributed by atoms with Gasteiger partial charge in [-0.2, -0.15) is 0 Å². The minimum Gasteiger partial charge on any atom is -0.459 e. The number of aliphatic hydroxyl groups excluding tert-OH is 2. The minimum absolute atomic E-state index is 0.0305. The van der Waals surface area contributed by atoms with E-state index in [1.807, 2.05) is 57.2 Å². The molecule has 488 valence electrons. The normalized spacial score (nSPS) is 24.5. The number of benzene rings is 2. The van der Waals surface area contributed by atoms with Crippen molar-refractivity contribution in [2.45, 2.75) is 249 Å². The molecule has 3 saturated heterocycles. The van der Waals surface area contributed by atoms with Crippen molar-refractivity contribution >= 4 is 55.5 Å². The number of β-amino-alcohol motifs (C(OH)–C–C–N with tert-alkyl or cyclic N) is 1. The summed E-state index contributed by atoms with van der Waals surface area (Å²) >= 11 is 0. The van der Waals surface area contributed by atoms with Crippen LogP contribution < -0.4 is 21.3 Å². The summed E-state index contributed by atoms with van der Waals surface area (Å²) in [7, 11) is -7.11. The molecule has 3 aliphatic heterocycles. The van der Waals surface area contributed by atoms with E-state index < -0.39 is 141 Å². The number of hydrogen-bond donors (Lipinski definition) is 6. The number of ether oxygens (including phenoxy) is 4. The molecular formula is C63H98N6O16S2. The second-order valence-electron chi connectivity index (χ2n) is 29.0. The maximum Gasteiger partial charge on any atom is 0.332 e. The lowest BCUT2D eigenvalue weighted by Gasteiger charge is -2.41. The smallest absolute Gasteiger partial charge is 0.332 e. The van der Waals surface area contributed by atoms with Gasteiger partial charge in [0.2, 0.25) is 11.8 Å². The number of hydrogen-bond acceptors (Lipinski definition) is 16. The lowest BCUT2D eigenvalue weighted by Crippen LogP contribution is -2.63. The summed E-state index contributed by atoms with van der Waals surface area (Å²) in [5.41, 5.74) is -2.01. The molecule has 24 heteroatoms. The SMILES string of the molecule is CC(C)(C)[C@H](NC(=O)NC1(CS(=O)(=O)C(C)(C)C)CCCCC1)C(=O)N1C[C@H](O)[C@H](O)[C@H]1C(=O)OCc1ccccc1.CC1(C)O[C@H]2[C@H](CN(C(=O)[C@@H](NC(=O)NC3(CS(=O)(=O)C(C)(C)C)CCCCC3)C(C)(C)C)[C@@H]2C(=O)OCc2ccccc2)O1. The molecule has 3 heterocycles. The fraction of sp³-hybridized carbons (Fsp3) is 0.714. The Hall–Kier alpha value is -5.40. The molecule has 2 aromatic carbocycles. The standard InChI is InChI=1S/C33H51N3O8S.C30H47N3O8S/c1-30(2,3)26(34-29(39)35-33(17-13-10-14-18-33)21-45(40,41)31(4,5)6)27(37)36-19-23-25(44-32(7,8)43-23)24(36)28(38)42-20-22-15-11-9-12-16-22;1-28(2,3)24(31-27(38)32-30(15-11-8-12-16-30)19-42(39,40)29(4,5)6)25(36)33-17-21(34)23(35)22(33)26(37)41-18-20-13-9-7-10-14-20/h9,11-12,15-16,23-26H,10,13-14,17-21H2,1-8H3,(H2,34,35,39);7,9-10,13-14,21-24,34-35H,8,11-12,15-19H2,1-6H3,(H2,31,32,38)/t23-,24-,25-,26+;21-,22-,23-,24+/m00/s1. The van der Waals surface area contributed by atoms with Gasteiger partial charge in [0.15, 0.2) is 37.5 Å². The quantitative estimate of drug-likeness (QED) is 0.0993. The van der Waals surface area contributed by atoms with Crippen molar-refractivity contribution in [3.8, 4) is 0 Å². The minimum atomic E-state index is -3.57. The first kappa shape index (κ1) is 70.7. The van der Waals surface area contributed by atoms with Crippen molar-refractivity contribution in [3.05, 3.63) is 71.8 Å². The molecule has 22 nitrogen and oxygen atoms in total. The predicted molar refractivity (Wildman–Crippen MR) is 328 cm³/mol. The summed E-state index contributed by atoms with van der Waals surface area (Å²) in [6, 6.07) is 12.1. The number of nitrogens with one attached hydrogen (secondary N) is 4. The largest absolute Gasteiger partial charge is 0.459 e. The Balaban J connectivity index is 0.000000279. The summed E-state index contributed by atoms with van der Waals surface area (Å²) in [4.78, 5) is 84.4. The van der Waals surface area contributed by atoms with Crippen molar-refractivity contribution in [3.63, 3.8) is 0 Å². The number of carbonyl (C=O) groups excluding carboxylic acids is 6. The van der Waals surface area contributed by atoms with Gasteiger partial charge in [-0.05, 0) is 103 Å². The molecule has 87 heavy (non-hydrogen) atoms. The van der Waals surface area contributed by atoms with Crippen LogP contribution in [-0.4, -0.2) is 172 Å². The predicted octanol–water partition coefficient (Wildman–Crippen LogP) is 6.38. The molecule has 5 fully saturated rings. The first-order valence-corrected chi connectivity index (χ1v) is 33.8. The molecular weight excluding hydrogens is 1160 g/mol. The van der Waals surface area contributed by atoms with Crippen molar-refractivity contribution < 1.29 is 74.8 Å². The van der Waals surface area contributed by atoms with Gasteiger partial charge >= 0.3 is 24.0 Å². The number of aliphatic hydroxyl groups is 2. The number of nitrogens with zero attached hydrogens (tertiary/aromatic N) is 2. The van der Waals surface area contributed by atoms with E-state index in [9.17, 15) is 55.8 Å². The first-order valence-electron chi connectivity index (χ1n) is 30.5. The molecule has 0 bridgehead atoms. The van der Waals surface area contributed by atoms with Crippen LogP contribution in [0.15, 0.2) is 60.7 Å². The molecule has 2 saturated carbocycles. The number of rotatable bonds is 16. The molecule has 6 N–H and O–H groups in total. The summed E-state index contributed by atoms with van der Waals surface area (Å²) in [6.45, 7) is 23.8. The highest BCUT2D eigenvalue weighted by Gasteiger charge is 2.59. The maximum atomic E-state index is 14.3. The number of sulfone groups is 2. The average molecular weight is 1260 g/mol. The molecule has 0 aromatic heterocycles. The molecule has 0 unspecified atom stereocenters. The third-order valence-electron chi connectivity index (χ3n) is 17.1. The first-order chi connectivity index (χ1) is 40.1. The molecule has 7 rings (SSSR count). The van der Waals surface area contributed by atoms with E-state index in [4.69, 9.17) is 18.9 Å². The molecule has 0 spiro atoms. The van der Waals surface area contributed by atoms with Crippen LogP contribution in [0.3, 0.4) is 0 Å². The Kier molecular flexibility index (Phi) is 22.2. The zero-order chi connectivity index (χ0) is 64.9. The zero-order valence-corrected chi connectivity index (χ0v) is 55.2. The van der Waals surface area contributed by atoms with Crippen molar-refractivity contribution in [1.82, 2.24) is 31.1 Å². The van der Waals surface area contributed by atoms with E-state index in [1.165, 1.54) is 4.90 Å². The number of amides is 6. The van der Waals surface area contributed by atoms with E-state index in [1.54, 1.807) is 100 Å². The van der Waals surface area contributed by atoms with E-state index >= 15 is 0 Å². The van der Waals surface area contributed by atoms with Crippen LogP contribution in [0.2, 0.25) is 0 Å². The monoisotopic (exact) mass is 1260 g/mol. The Morgan fingerprint density at radius 3 is 1.30 bits per heavy atom. The van der Waals surface area contributed by atoms with E-state index in [-0.39, 0.29) is 37.8 Å². The van der Waals surface area contributed by atoms with Crippen LogP contribution in [0.5, 0.6) is 0 Å². The Labute approximate surface area is 515 Å². The van der Waals surface area contributed by atoms with Crippen LogP contribution in [0.4, 0.5) is 9.59 Å². The Morgan fingerprint density at radius 2 is 0.931 bits per heavy atom. The van der Waals surface area contributed by atoms with Gasteiger partial charge in [-0.3, -0.25) is 9.59 Å². The summed E-state index contributed by atoms with van der Waals surface area (Å²) in [5.74, 6) is -3.97. The maximum absolute atomic E-state index is 14.3. The van der Waals surface area contributed by atoms with Crippen LogP contribution in [0, 0.1) is 10.8 Å². The Morgan fingerprint density at radius 1 is 0.563 bits per heavy atom. The van der Waals surface area contributed by atoms with Crippen LogP contribution in [0.25, 0.3) is 0 Å². The van der Waals surface area contributed by atoms with Crippen molar-refractivity contribution in [2.75, 3.05) is 24.6 Å². The van der Waals surface area contributed by atoms with Crippen molar-refractivity contribution in [1.29, 1.82) is 0 Å². The van der Waals surface area contributed by atoms with Gasteiger partial charge in [0.1, 0.15) is 49.7 Å². The average Bonchev–Trinajstić information content (AvgIpc) is 1.75. The summed E-state index contributed by atoms with van der Waals surface area (Å²) < 4.78 is 74.1. The van der Waals surface area contributed by atoms with E-state index in [0.717, 1.165) is 49.0 Å². The second kappa shape index (κ2) is 27.4. The molecule has 8 atom stereocenters. The lowest BCUT2D eigenvalue weighted by atomic mass is 9.83. The van der Waals surface area contributed by atoms with Crippen molar-refractivity contribution in [2.24, 2.45) is 10.8 Å². The van der Waals surface area contributed by atoms with Gasteiger partial charge in [0.05, 0.1) is 45.2 Å². The Bertz CT molecular complexity index is 2960. The molecule has 0 radical (unpaired) electrons. The van der Waals surface area contributed by atoms with E-state index in [0.29, 0.717) is 31.2 Å². The van der Waals surface area contributed by atoms with Crippen LogP contribution >= 0.6 is 0 Å². The third-order valence-corrected chi connectivity index (χ3v) is 22.7. The number of fused-ring (bicyclic) bond motifs is 1. The van der Waals surface area contributed by atoms with E-state index in [2.05, 4.69) is 21.3 Å². The zero-order valence-electron chi connectivity index (χ0n) is 53.5. The molecule has 5 aliphatic rings. The fourth-order valence-corrected chi connectivity index (χ4v) is 14.9. The molecule has 6 amide bonds. The van der Waals surface area contributed by atoms with Gasteiger partial charge in [0, 0.05) is 0 Å². The van der Waals surface area contributed by atoms with Gasteiger partial charge in [0.25, 0.3) is 0 Å². The number of likely N-dealkylation sites (tertiary alicyclic amines) is 2. The van der Waals surface area contributed by atoms with Crippen LogP contribution in [-0.2, 0) is 71.0 Å². The highest BCUT2D eigenvalue weighted by Crippen LogP contribution is 2.40. The fourth-order valence-electron chi connectivity index (χ4n) is 11.9. The van der Waals surface area contributed by atoms with Gasteiger partial charge in [-0.15, -0.1) is 0 Å². The van der Waals surface area contributed by atoms with Gasteiger partial charge < -0.3 is 60.2 Å². The van der Waals surface area contributed by atoms with Gasteiger partial charge in [-0.25, -0.2) is 36.0 Å². The topological polar surface area (TPSA) is 303 Å². The third kappa shape index (κ3) is 17.9. The highest BCUT2D eigenvalue weighted by molar-refractivity contribution is 7.93. The molecule has 2 aromatic rings. The summed E-state index contributed by atoms with van der Waals surface area (Å²) in [6.07, 6.45) is 2.79. The van der Waals surface area contributed by atoms with Crippen LogP contribution in [0.1, 0.15) is 172 Å². The molecule has 2 aliphatic carbocycles. The number of carbonyl (C=O) groups is 6. The highest BCUT2D eigenvalue weighted by atomic mass is 32.2. The lowest BCUT2D eigenvalue weighted by molar-refractivity contribution is -0.178. The summed E-state index contributed by atoms with van der Waals surface area (Å²) in [5, 5.41) is 32.5. The van der Waals surface area contributed by atoms with Gasteiger partial charge in [-0.1, -0.05) is 141 Å². The number of esters is 2.